The lowest BCUT2D eigenvalue weighted by atomic mass is 10.1. The molecule has 28 heavy (non-hydrogen) atoms. The monoisotopic (exact) mass is 505 g/mol. The van der Waals surface area contributed by atoms with Crippen LogP contribution in [-0.2, 0) is 11.2 Å². The van der Waals surface area contributed by atoms with E-state index in [2.05, 4.69) is 25.9 Å². The topological polar surface area (TPSA) is 90.5 Å². The Kier molecular flexibility index (Phi) is 9.50. The summed E-state index contributed by atoms with van der Waals surface area (Å²) in [6.07, 6.45) is 2.22. The van der Waals surface area contributed by atoms with E-state index in [9.17, 15) is 9.18 Å². The van der Waals surface area contributed by atoms with Crippen LogP contribution in [0.25, 0.3) is 10.9 Å². The number of ether oxygens (including phenoxy) is 1. The zero-order chi connectivity index (χ0) is 19.9. The Balaban J connectivity index is 0.00000392. The number of aromatic amines is 1. The van der Waals surface area contributed by atoms with Gasteiger partial charge in [0.1, 0.15) is 11.4 Å². The molecule has 0 spiro atoms. The lowest BCUT2D eigenvalue weighted by Crippen LogP contribution is -2.42. The lowest BCUT2D eigenvalue weighted by Gasteiger charge is -2.19. The normalized spacial score (nSPS) is 11.7. The number of halogens is 2. The highest BCUT2D eigenvalue weighted by atomic mass is 127. The van der Waals surface area contributed by atoms with Gasteiger partial charge in [-0.3, -0.25) is 4.99 Å². The summed E-state index contributed by atoms with van der Waals surface area (Å²) in [5, 5.41) is 10.0. The van der Waals surface area contributed by atoms with Gasteiger partial charge in [0.25, 0.3) is 0 Å². The Hall–Kier alpha value is -2.04. The van der Waals surface area contributed by atoms with Crippen LogP contribution in [0.2, 0.25) is 0 Å². The highest BCUT2D eigenvalue weighted by molar-refractivity contribution is 14.0. The SMILES string of the molecule is CN=C(NCCNC(=O)OC(C)(C)C)NCCc1c[nH]c2cc(F)ccc12.I. The van der Waals surface area contributed by atoms with E-state index in [1.165, 1.54) is 12.1 Å². The first-order valence-corrected chi connectivity index (χ1v) is 8.95. The summed E-state index contributed by atoms with van der Waals surface area (Å²) in [6.45, 7) is 7.07. The number of benzene rings is 1. The summed E-state index contributed by atoms with van der Waals surface area (Å²) in [4.78, 5) is 18.8. The molecule has 1 aromatic carbocycles. The molecule has 1 aromatic heterocycles. The van der Waals surface area contributed by atoms with Gasteiger partial charge in [-0.1, -0.05) is 0 Å². The molecule has 0 aliphatic carbocycles. The van der Waals surface area contributed by atoms with E-state index in [1.54, 1.807) is 13.1 Å². The zero-order valence-electron chi connectivity index (χ0n) is 16.7. The summed E-state index contributed by atoms with van der Waals surface area (Å²) >= 11 is 0. The third-order valence-corrected chi connectivity index (χ3v) is 3.73. The Labute approximate surface area is 181 Å². The van der Waals surface area contributed by atoms with Gasteiger partial charge >= 0.3 is 6.09 Å². The highest BCUT2D eigenvalue weighted by Gasteiger charge is 2.15. The van der Waals surface area contributed by atoms with Crippen molar-refractivity contribution in [1.29, 1.82) is 0 Å². The average Bonchev–Trinajstić information content (AvgIpc) is 2.97. The quantitative estimate of drug-likeness (QED) is 0.210. The fourth-order valence-electron chi connectivity index (χ4n) is 2.56. The van der Waals surface area contributed by atoms with Crippen molar-refractivity contribution in [3.63, 3.8) is 0 Å². The second-order valence-electron chi connectivity index (χ2n) is 7.11. The van der Waals surface area contributed by atoms with E-state index >= 15 is 0 Å². The number of nitrogens with zero attached hydrogens (tertiary/aromatic N) is 1. The number of hydrogen-bond acceptors (Lipinski definition) is 3. The number of hydrogen-bond donors (Lipinski definition) is 4. The molecule has 0 aliphatic rings. The minimum atomic E-state index is -0.511. The lowest BCUT2D eigenvalue weighted by molar-refractivity contribution is 0.0529. The van der Waals surface area contributed by atoms with E-state index in [-0.39, 0.29) is 29.8 Å². The van der Waals surface area contributed by atoms with E-state index < -0.39 is 11.7 Å². The molecule has 0 saturated heterocycles. The molecule has 7 nitrogen and oxygen atoms in total. The van der Waals surface area contributed by atoms with Crippen molar-refractivity contribution in [2.24, 2.45) is 4.99 Å². The number of nitrogens with one attached hydrogen (secondary N) is 4. The van der Waals surface area contributed by atoms with E-state index in [0.717, 1.165) is 22.9 Å². The van der Waals surface area contributed by atoms with Crippen molar-refractivity contribution in [2.45, 2.75) is 32.8 Å². The molecular formula is C19H29FIN5O2. The molecule has 0 atom stereocenters. The van der Waals surface area contributed by atoms with Crippen LogP contribution in [0.5, 0.6) is 0 Å². The van der Waals surface area contributed by atoms with Crippen LogP contribution in [-0.4, -0.2) is 49.3 Å². The molecule has 1 amide bonds. The van der Waals surface area contributed by atoms with Crippen molar-refractivity contribution in [1.82, 2.24) is 20.9 Å². The maximum absolute atomic E-state index is 13.2. The average molecular weight is 505 g/mol. The van der Waals surface area contributed by atoms with Gasteiger partial charge in [-0.05, 0) is 51.0 Å². The van der Waals surface area contributed by atoms with E-state index in [0.29, 0.717) is 25.6 Å². The first-order valence-electron chi connectivity index (χ1n) is 8.95. The Morgan fingerprint density at radius 1 is 1.18 bits per heavy atom. The van der Waals surface area contributed by atoms with Crippen LogP contribution in [0.15, 0.2) is 29.4 Å². The van der Waals surface area contributed by atoms with Gasteiger partial charge in [-0.2, -0.15) is 0 Å². The second kappa shape index (κ2) is 11.1. The number of fused-ring (bicyclic) bond motifs is 1. The Morgan fingerprint density at radius 3 is 2.54 bits per heavy atom. The highest BCUT2D eigenvalue weighted by Crippen LogP contribution is 2.19. The summed E-state index contributed by atoms with van der Waals surface area (Å²) in [5.41, 5.74) is 1.39. The number of carbonyl (C=O) groups excluding carboxylic acids is 1. The van der Waals surface area contributed by atoms with Gasteiger partial charge in [0.15, 0.2) is 5.96 Å². The third kappa shape index (κ3) is 7.91. The van der Waals surface area contributed by atoms with Gasteiger partial charge in [-0.25, -0.2) is 9.18 Å². The van der Waals surface area contributed by atoms with Gasteiger partial charge < -0.3 is 25.7 Å². The molecule has 0 fully saturated rings. The standard InChI is InChI=1S/C19H28FN5O2.HI/c1-19(2,3)27-18(26)24-10-9-23-17(21-4)22-8-7-13-12-25-16-11-14(20)5-6-15(13)16;/h5-6,11-12,25H,7-10H2,1-4H3,(H,24,26)(H2,21,22,23);1H. The van der Waals surface area contributed by atoms with Crippen LogP contribution in [0.1, 0.15) is 26.3 Å². The predicted octanol–water partition coefficient (Wildman–Crippen LogP) is 3.16. The molecule has 1 heterocycles. The molecule has 0 unspecified atom stereocenters. The van der Waals surface area contributed by atoms with Gasteiger partial charge in [0, 0.05) is 43.8 Å². The third-order valence-electron chi connectivity index (χ3n) is 3.73. The van der Waals surface area contributed by atoms with Crippen molar-refractivity contribution >= 4 is 46.9 Å². The second-order valence-corrected chi connectivity index (χ2v) is 7.11. The molecule has 0 aliphatic heterocycles. The minimum Gasteiger partial charge on any atom is -0.444 e. The van der Waals surface area contributed by atoms with Gasteiger partial charge in [0.2, 0.25) is 0 Å². The molecule has 0 bridgehead atoms. The number of carbonyl (C=O) groups is 1. The number of aliphatic imine (C=N–C) groups is 1. The number of guanidine groups is 1. The van der Waals surface area contributed by atoms with Gasteiger partial charge in [-0.15, -0.1) is 24.0 Å². The molecule has 0 saturated carbocycles. The fraction of sp³-hybridized carbons (Fsp3) is 0.474. The molecule has 0 radical (unpaired) electrons. The summed E-state index contributed by atoms with van der Waals surface area (Å²) in [5.74, 6) is 0.394. The van der Waals surface area contributed by atoms with Gasteiger partial charge in [0.05, 0.1) is 0 Å². The first-order chi connectivity index (χ1) is 12.8. The summed E-state index contributed by atoms with van der Waals surface area (Å²) in [6, 6.07) is 4.74. The van der Waals surface area contributed by atoms with E-state index in [4.69, 9.17) is 4.74 Å². The fourth-order valence-corrected chi connectivity index (χ4v) is 2.56. The number of amides is 1. The van der Waals surface area contributed by atoms with Crippen LogP contribution in [0.4, 0.5) is 9.18 Å². The van der Waals surface area contributed by atoms with Crippen LogP contribution in [0.3, 0.4) is 0 Å². The zero-order valence-corrected chi connectivity index (χ0v) is 19.0. The number of H-pyrrole nitrogens is 1. The number of rotatable bonds is 6. The van der Waals surface area contributed by atoms with Crippen LogP contribution >= 0.6 is 24.0 Å². The van der Waals surface area contributed by atoms with E-state index in [1.807, 2.05) is 27.0 Å². The maximum Gasteiger partial charge on any atom is 0.407 e. The molecule has 2 aromatic rings. The van der Waals surface area contributed by atoms with Crippen molar-refractivity contribution < 1.29 is 13.9 Å². The first kappa shape index (κ1) is 24.0. The largest absolute Gasteiger partial charge is 0.444 e. The minimum absolute atomic E-state index is 0. The summed E-state index contributed by atoms with van der Waals surface area (Å²) in [7, 11) is 1.69. The number of alkyl carbamates (subject to hydrolysis) is 1. The van der Waals surface area contributed by atoms with Crippen LogP contribution < -0.4 is 16.0 Å². The van der Waals surface area contributed by atoms with Crippen LogP contribution in [0, 0.1) is 5.82 Å². The maximum atomic E-state index is 13.2. The number of aromatic nitrogens is 1. The molecule has 4 N–H and O–H groups in total. The Morgan fingerprint density at radius 2 is 1.86 bits per heavy atom. The molecule has 2 rings (SSSR count). The van der Waals surface area contributed by atoms with Crippen molar-refractivity contribution in [3.05, 3.63) is 35.8 Å². The molecular weight excluding hydrogens is 476 g/mol. The van der Waals surface area contributed by atoms with Crippen molar-refractivity contribution in [2.75, 3.05) is 26.7 Å². The summed E-state index contributed by atoms with van der Waals surface area (Å²) < 4.78 is 18.4. The predicted molar refractivity (Wildman–Crippen MR) is 121 cm³/mol. The Bertz CT molecular complexity index is 801. The molecule has 156 valence electrons. The van der Waals surface area contributed by atoms with Crippen molar-refractivity contribution in [3.8, 4) is 0 Å². The smallest absolute Gasteiger partial charge is 0.407 e. The molecule has 9 heteroatoms.